The lowest BCUT2D eigenvalue weighted by Crippen LogP contribution is -2.37. The Balaban J connectivity index is 1.57. The van der Waals surface area contributed by atoms with Crippen LogP contribution in [0.2, 0.25) is 19.6 Å². The zero-order chi connectivity index (χ0) is 25.7. The zero-order valence-corrected chi connectivity index (χ0v) is 22.6. The first-order valence-electron chi connectivity index (χ1n) is 12.7. The van der Waals surface area contributed by atoms with Gasteiger partial charge in [-0.25, -0.2) is 0 Å². The van der Waals surface area contributed by atoms with E-state index in [1.54, 1.807) is 0 Å². The first-order chi connectivity index (χ1) is 17.8. The number of hydrogen-bond acceptors (Lipinski definition) is 2. The highest BCUT2D eigenvalue weighted by atomic mass is 28.3. The molecule has 0 bridgehead atoms. The lowest BCUT2D eigenvalue weighted by molar-refractivity contribution is 1.36. The van der Waals surface area contributed by atoms with Crippen molar-refractivity contribution in [1.82, 2.24) is 4.98 Å². The van der Waals surface area contributed by atoms with Gasteiger partial charge in [0.2, 0.25) is 0 Å². The lowest BCUT2D eigenvalue weighted by atomic mass is 9.90. The van der Waals surface area contributed by atoms with E-state index in [4.69, 9.17) is 4.98 Å². The van der Waals surface area contributed by atoms with Crippen molar-refractivity contribution in [3.8, 4) is 28.5 Å². The molecule has 5 aromatic carbocycles. The van der Waals surface area contributed by atoms with E-state index < -0.39 is 8.07 Å². The van der Waals surface area contributed by atoms with Gasteiger partial charge in [-0.1, -0.05) is 97.6 Å². The molecule has 6 rings (SSSR count). The number of pyridine rings is 1. The number of nitriles is 1. The highest BCUT2D eigenvalue weighted by Crippen LogP contribution is 2.38. The standard InChI is InChI=1S/C34H28N2Si/c1-22-9-14-29-30-17-18-36-34(25-19-24-7-5-6-8-28(24)26(20-25)21-35)32(30)16-15-31(29)33(22)23-10-12-27(13-11-23)37(2,3)4/h5-20H,1-4H3. The molecule has 0 aliphatic carbocycles. The summed E-state index contributed by atoms with van der Waals surface area (Å²) in [5.41, 5.74) is 6.37. The lowest BCUT2D eigenvalue weighted by Gasteiger charge is -2.18. The second kappa shape index (κ2) is 8.69. The van der Waals surface area contributed by atoms with Gasteiger partial charge in [0.1, 0.15) is 0 Å². The van der Waals surface area contributed by atoms with Crippen molar-refractivity contribution in [2.45, 2.75) is 26.6 Å². The van der Waals surface area contributed by atoms with Gasteiger partial charge < -0.3 is 0 Å². The summed E-state index contributed by atoms with van der Waals surface area (Å²) >= 11 is 0. The number of nitrogens with zero attached hydrogens (tertiary/aromatic N) is 2. The summed E-state index contributed by atoms with van der Waals surface area (Å²) in [6, 6.07) is 34.7. The van der Waals surface area contributed by atoms with Crippen LogP contribution in [0.15, 0.2) is 97.2 Å². The average molecular weight is 493 g/mol. The van der Waals surface area contributed by atoms with E-state index in [0.717, 1.165) is 27.4 Å². The second-order valence-corrected chi connectivity index (χ2v) is 15.9. The molecule has 0 spiro atoms. The third-order valence-corrected chi connectivity index (χ3v) is 9.51. The Labute approximate surface area is 218 Å². The van der Waals surface area contributed by atoms with Crippen LogP contribution >= 0.6 is 0 Å². The Kier molecular flexibility index (Phi) is 5.44. The quantitative estimate of drug-likeness (QED) is 0.183. The van der Waals surface area contributed by atoms with E-state index >= 15 is 0 Å². The van der Waals surface area contributed by atoms with Crippen molar-refractivity contribution >= 4 is 45.6 Å². The number of rotatable bonds is 3. The van der Waals surface area contributed by atoms with Gasteiger partial charge in [0, 0.05) is 17.1 Å². The summed E-state index contributed by atoms with van der Waals surface area (Å²) in [5.74, 6) is 0. The second-order valence-electron chi connectivity index (χ2n) is 10.9. The molecule has 0 aliphatic heterocycles. The molecular formula is C34H28N2Si. The first-order valence-corrected chi connectivity index (χ1v) is 16.2. The minimum absolute atomic E-state index is 0.673. The van der Waals surface area contributed by atoms with Crippen LogP contribution in [-0.2, 0) is 0 Å². The molecule has 0 fully saturated rings. The molecule has 0 atom stereocenters. The van der Waals surface area contributed by atoms with Crippen LogP contribution in [0.3, 0.4) is 0 Å². The molecule has 0 saturated heterocycles. The highest BCUT2D eigenvalue weighted by molar-refractivity contribution is 6.88. The van der Waals surface area contributed by atoms with Gasteiger partial charge in [-0.3, -0.25) is 4.98 Å². The summed E-state index contributed by atoms with van der Waals surface area (Å²) in [6.07, 6.45) is 1.89. The summed E-state index contributed by atoms with van der Waals surface area (Å²) < 4.78 is 0. The minimum atomic E-state index is -1.35. The predicted octanol–water partition coefficient (Wildman–Crippen LogP) is 8.60. The van der Waals surface area contributed by atoms with Crippen LogP contribution in [0, 0.1) is 18.3 Å². The van der Waals surface area contributed by atoms with E-state index in [2.05, 4.69) is 99.4 Å². The summed E-state index contributed by atoms with van der Waals surface area (Å²) in [4.78, 5) is 4.79. The molecule has 2 nitrogen and oxygen atoms in total. The van der Waals surface area contributed by atoms with Crippen LogP contribution in [0.25, 0.3) is 54.7 Å². The van der Waals surface area contributed by atoms with Crippen molar-refractivity contribution in [2.24, 2.45) is 0 Å². The minimum Gasteiger partial charge on any atom is -0.256 e. The van der Waals surface area contributed by atoms with Gasteiger partial charge in [-0.15, -0.1) is 0 Å². The van der Waals surface area contributed by atoms with Gasteiger partial charge in [-0.2, -0.15) is 5.26 Å². The maximum Gasteiger partial charge on any atom is 0.0998 e. The molecule has 0 unspecified atom stereocenters. The molecule has 0 N–H and O–H groups in total. The number of aryl methyl sites for hydroxylation is 1. The summed E-state index contributed by atoms with van der Waals surface area (Å²) in [5, 5.41) is 18.1. The molecular weight excluding hydrogens is 464 g/mol. The van der Waals surface area contributed by atoms with E-state index in [-0.39, 0.29) is 0 Å². The van der Waals surface area contributed by atoms with Crippen LogP contribution in [0.4, 0.5) is 0 Å². The maximum absolute atomic E-state index is 9.82. The van der Waals surface area contributed by atoms with E-state index in [0.29, 0.717) is 5.56 Å². The van der Waals surface area contributed by atoms with Gasteiger partial charge in [-0.05, 0) is 68.7 Å². The van der Waals surface area contributed by atoms with Crippen molar-refractivity contribution < 1.29 is 0 Å². The predicted molar refractivity (Wildman–Crippen MR) is 160 cm³/mol. The number of hydrogen-bond donors (Lipinski definition) is 0. The van der Waals surface area contributed by atoms with Gasteiger partial charge in [0.05, 0.1) is 25.4 Å². The molecule has 37 heavy (non-hydrogen) atoms. The maximum atomic E-state index is 9.82. The van der Waals surface area contributed by atoms with E-state index in [1.807, 2.05) is 30.5 Å². The Morgan fingerprint density at radius 3 is 2.14 bits per heavy atom. The number of benzene rings is 5. The molecule has 3 heteroatoms. The average Bonchev–Trinajstić information content (AvgIpc) is 2.91. The fourth-order valence-electron chi connectivity index (χ4n) is 5.47. The summed E-state index contributed by atoms with van der Waals surface area (Å²) in [7, 11) is -1.35. The first kappa shape index (κ1) is 23.2. The topological polar surface area (TPSA) is 36.7 Å². The summed E-state index contributed by atoms with van der Waals surface area (Å²) in [6.45, 7) is 9.36. The Hall–Kier alpha value is -4.26. The van der Waals surface area contributed by atoms with Crippen LogP contribution in [-0.4, -0.2) is 13.1 Å². The normalized spacial score (nSPS) is 11.8. The largest absolute Gasteiger partial charge is 0.256 e. The molecule has 0 amide bonds. The highest BCUT2D eigenvalue weighted by Gasteiger charge is 2.17. The van der Waals surface area contributed by atoms with Crippen molar-refractivity contribution in [2.75, 3.05) is 0 Å². The Morgan fingerprint density at radius 2 is 1.38 bits per heavy atom. The SMILES string of the molecule is Cc1ccc2c(ccc3c(-c4cc(C#N)c5ccccc5c4)nccc32)c1-c1ccc([Si](C)(C)C)cc1. The number of aromatic nitrogens is 1. The third kappa shape index (κ3) is 3.91. The molecule has 178 valence electrons. The van der Waals surface area contributed by atoms with Crippen molar-refractivity contribution in [1.29, 1.82) is 5.26 Å². The van der Waals surface area contributed by atoms with Crippen molar-refractivity contribution in [3.63, 3.8) is 0 Å². The molecule has 1 heterocycles. The Morgan fingerprint density at radius 1 is 0.676 bits per heavy atom. The smallest absolute Gasteiger partial charge is 0.0998 e. The Bertz CT molecular complexity index is 1870. The molecule has 1 aromatic heterocycles. The van der Waals surface area contributed by atoms with Gasteiger partial charge in [0.25, 0.3) is 0 Å². The molecule has 6 aromatic rings. The third-order valence-electron chi connectivity index (χ3n) is 7.45. The van der Waals surface area contributed by atoms with Crippen LogP contribution < -0.4 is 5.19 Å². The molecule has 0 saturated carbocycles. The zero-order valence-electron chi connectivity index (χ0n) is 21.6. The van der Waals surface area contributed by atoms with E-state index in [1.165, 1.54) is 38.0 Å². The van der Waals surface area contributed by atoms with Gasteiger partial charge in [0.15, 0.2) is 0 Å². The van der Waals surface area contributed by atoms with E-state index in [9.17, 15) is 5.26 Å². The number of fused-ring (bicyclic) bond motifs is 4. The van der Waals surface area contributed by atoms with Crippen LogP contribution in [0.5, 0.6) is 0 Å². The fourth-order valence-corrected chi connectivity index (χ4v) is 6.64. The fraction of sp³-hybridized carbons (Fsp3) is 0.118. The molecule has 0 aliphatic rings. The van der Waals surface area contributed by atoms with Crippen molar-refractivity contribution in [3.05, 3.63) is 108 Å². The monoisotopic (exact) mass is 492 g/mol. The molecule has 0 radical (unpaired) electrons. The van der Waals surface area contributed by atoms with Gasteiger partial charge >= 0.3 is 0 Å². The van der Waals surface area contributed by atoms with Crippen LogP contribution in [0.1, 0.15) is 11.1 Å².